The van der Waals surface area contributed by atoms with Crippen LogP contribution in [0.15, 0.2) is 24.5 Å². The Balaban J connectivity index is 1.82. The molecule has 7 heteroatoms. The highest BCUT2D eigenvalue weighted by molar-refractivity contribution is 5.79. The molecule has 0 spiro atoms. The van der Waals surface area contributed by atoms with E-state index in [0.29, 0.717) is 45.7 Å². The summed E-state index contributed by atoms with van der Waals surface area (Å²) in [6.45, 7) is 6.15. The third-order valence-corrected chi connectivity index (χ3v) is 4.21. The summed E-state index contributed by atoms with van der Waals surface area (Å²) < 4.78 is 0. The van der Waals surface area contributed by atoms with Gasteiger partial charge in [-0.3, -0.25) is 19.4 Å². The summed E-state index contributed by atoms with van der Waals surface area (Å²) in [7, 11) is 0. The monoisotopic (exact) mass is 332 g/mol. The standard InChI is InChI=1S/C17H24N4O3/c1-14(22)19-8-10-20(11-9-19)17(24)5-7-21(15(2)23)13-16-4-3-6-18-12-16/h3-4,6,12H,5,7-11,13H2,1-2H3. The van der Waals surface area contributed by atoms with Gasteiger partial charge in [0.15, 0.2) is 0 Å². The van der Waals surface area contributed by atoms with Crippen molar-refractivity contribution in [3.8, 4) is 0 Å². The Hall–Kier alpha value is -2.44. The molecule has 0 radical (unpaired) electrons. The highest BCUT2D eigenvalue weighted by Gasteiger charge is 2.22. The maximum absolute atomic E-state index is 12.3. The topological polar surface area (TPSA) is 73.8 Å². The van der Waals surface area contributed by atoms with E-state index in [2.05, 4.69) is 4.98 Å². The highest BCUT2D eigenvalue weighted by atomic mass is 16.2. The maximum Gasteiger partial charge on any atom is 0.224 e. The average Bonchev–Trinajstić information content (AvgIpc) is 2.59. The Morgan fingerprint density at radius 3 is 2.33 bits per heavy atom. The smallest absolute Gasteiger partial charge is 0.224 e. The molecule has 0 saturated carbocycles. The summed E-state index contributed by atoms with van der Waals surface area (Å²) in [5.74, 6) is 0.00464. The van der Waals surface area contributed by atoms with E-state index >= 15 is 0 Å². The molecule has 2 rings (SSSR count). The van der Waals surface area contributed by atoms with Gasteiger partial charge in [-0.2, -0.15) is 0 Å². The zero-order chi connectivity index (χ0) is 17.5. The normalized spacial score (nSPS) is 14.4. The molecule has 0 unspecified atom stereocenters. The summed E-state index contributed by atoms with van der Waals surface area (Å²) in [6.07, 6.45) is 3.70. The van der Waals surface area contributed by atoms with Gasteiger partial charge >= 0.3 is 0 Å². The number of nitrogens with zero attached hydrogens (tertiary/aromatic N) is 4. The summed E-state index contributed by atoms with van der Waals surface area (Å²) in [5.41, 5.74) is 0.940. The number of carbonyl (C=O) groups is 3. The number of hydrogen-bond donors (Lipinski definition) is 0. The van der Waals surface area contributed by atoms with Gasteiger partial charge in [0.1, 0.15) is 0 Å². The molecule has 0 bridgehead atoms. The minimum absolute atomic E-state index is 0.0237. The van der Waals surface area contributed by atoms with E-state index in [0.717, 1.165) is 5.56 Å². The molecule has 1 aromatic heterocycles. The van der Waals surface area contributed by atoms with Crippen LogP contribution in [0.25, 0.3) is 0 Å². The van der Waals surface area contributed by atoms with Gasteiger partial charge in [-0.25, -0.2) is 0 Å². The molecule has 7 nitrogen and oxygen atoms in total. The number of hydrogen-bond acceptors (Lipinski definition) is 4. The van der Waals surface area contributed by atoms with E-state index in [4.69, 9.17) is 0 Å². The molecule has 3 amide bonds. The fraction of sp³-hybridized carbons (Fsp3) is 0.529. The second-order valence-electron chi connectivity index (χ2n) is 5.94. The largest absolute Gasteiger partial charge is 0.339 e. The lowest BCUT2D eigenvalue weighted by Gasteiger charge is -2.34. The predicted octanol–water partition coefficient (Wildman–Crippen LogP) is 0.511. The van der Waals surface area contributed by atoms with Crippen LogP contribution in [0, 0.1) is 0 Å². The van der Waals surface area contributed by atoms with E-state index in [1.54, 1.807) is 34.0 Å². The molecule has 0 aromatic carbocycles. The first-order valence-corrected chi connectivity index (χ1v) is 8.15. The summed E-state index contributed by atoms with van der Waals surface area (Å²) >= 11 is 0. The summed E-state index contributed by atoms with van der Waals surface area (Å²) in [5, 5.41) is 0. The van der Waals surface area contributed by atoms with Crippen molar-refractivity contribution in [1.29, 1.82) is 0 Å². The molecule has 130 valence electrons. The molecule has 1 fully saturated rings. The van der Waals surface area contributed by atoms with Crippen LogP contribution in [0.2, 0.25) is 0 Å². The van der Waals surface area contributed by atoms with Crippen molar-refractivity contribution in [2.24, 2.45) is 0 Å². The second-order valence-corrected chi connectivity index (χ2v) is 5.94. The van der Waals surface area contributed by atoms with Crippen molar-refractivity contribution in [3.05, 3.63) is 30.1 Å². The molecule has 24 heavy (non-hydrogen) atoms. The lowest BCUT2D eigenvalue weighted by Crippen LogP contribution is -2.50. The van der Waals surface area contributed by atoms with Gasteiger partial charge in [-0.05, 0) is 11.6 Å². The number of rotatable bonds is 5. The zero-order valence-electron chi connectivity index (χ0n) is 14.3. The minimum atomic E-state index is -0.0620. The average molecular weight is 332 g/mol. The molecule has 0 atom stereocenters. The SMILES string of the molecule is CC(=O)N1CCN(C(=O)CCN(Cc2cccnc2)C(C)=O)CC1. The van der Waals surface area contributed by atoms with Crippen LogP contribution in [-0.4, -0.2) is 70.1 Å². The lowest BCUT2D eigenvalue weighted by atomic mass is 10.2. The quantitative estimate of drug-likeness (QED) is 0.787. The first kappa shape index (κ1) is 17.9. The number of carbonyl (C=O) groups excluding carboxylic acids is 3. The molecule has 0 N–H and O–H groups in total. The molecule has 1 aromatic rings. The zero-order valence-corrected chi connectivity index (χ0v) is 14.3. The van der Waals surface area contributed by atoms with Crippen LogP contribution in [-0.2, 0) is 20.9 Å². The van der Waals surface area contributed by atoms with Crippen LogP contribution >= 0.6 is 0 Å². The molecule has 0 aliphatic carbocycles. The Kier molecular flexibility index (Phi) is 6.28. The molecular weight excluding hydrogens is 308 g/mol. The Bertz CT molecular complexity index is 583. The van der Waals surface area contributed by atoms with Gasteiger partial charge in [0.05, 0.1) is 0 Å². The molecular formula is C17H24N4O3. The highest BCUT2D eigenvalue weighted by Crippen LogP contribution is 2.08. The van der Waals surface area contributed by atoms with Gasteiger partial charge in [0.2, 0.25) is 17.7 Å². The van der Waals surface area contributed by atoms with Gasteiger partial charge in [-0.15, -0.1) is 0 Å². The van der Waals surface area contributed by atoms with E-state index in [-0.39, 0.29) is 17.7 Å². The van der Waals surface area contributed by atoms with Crippen LogP contribution in [0.1, 0.15) is 25.8 Å². The third kappa shape index (κ3) is 5.04. The van der Waals surface area contributed by atoms with Gasteiger partial charge in [-0.1, -0.05) is 6.07 Å². The molecule has 1 aliphatic rings. The van der Waals surface area contributed by atoms with Crippen molar-refractivity contribution in [1.82, 2.24) is 19.7 Å². The third-order valence-electron chi connectivity index (χ3n) is 4.21. The second kappa shape index (κ2) is 8.42. The molecule has 2 heterocycles. The van der Waals surface area contributed by atoms with E-state index in [9.17, 15) is 14.4 Å². The van der Waals surface area contributed by atoms with E-state index in [1.807, 2.05) is 12.1 Å². The van der Waals surface area contributed by atoms with Gasteiger partial charge in [0, 0.05) is 71.9 Å². The number of pyridine rings is 1. The maximum atomic E-state index is 12.3. The molecule has 1 aliphatic heterocycles. The van der Waals surface area contributed by atoms with Crippen LogP contribution < -0.4 is 0 Å². The fourth-order valence-electron chi connectivity index (χ4n) is 2.72. The van der Waals surface area contributed by atoms with E-state index < -0.39 is 0 Å². The van der Waals surface area contributed by atoms with Gasteiger partial charge in [0.25, 0.3) is 0 Å². The molecule has 1 saturated heterocycles. The number of amides is 3. The van der Waals surface area contributed by atoms with Crippen molar-refractivity contribution in [2.75, 3.05) is 32.7 Å². The number of piperazine rings is 1. The van der Waals surface area contributed by atoms with Crippen molar-refractivity contribution in [3.63, 3.8) is 0 Å². The summed E-state index contributed by atoms with van der Waals surface area (Å²) in [6, 6.07) is 3.74. The van der Waals surface area contributed by atoms with E-state index in [1.165, 1.54) is 6.92 Å². The van der Waals surface area contributed by atoms with Gasteiger partial charge < -0.3 is 14.7 Å². The van der Waals surface area contributed by atoms with Crippen molar-refractivity contribution in [2.45, 2.75) is 26.8 Å². The Morgan fingerprint density at radius 2 is 1.79 bits per heavy atom. The lowest BCUT2D eigenvalue weighted by molar-refractivity contribution is -0.139. The number of aromatic nitrogens is 1. The summed E-state index contributed by atoms with van der Waals surface area (Å²) in [4.78, 5) is 44.6. The fourth-order valence-corrected chi connectivity index (χ4v) is 2.72. The first-order chi connectivity index (χ1) is 11.5. The van der Waals surface area contributed by atoms with Crippen LogP contribution in [0.3, 0.4) is 0 Å². The predicted molar refractivity (Wildman–Crippen MR) is 88.8 cm³/mol. The Labute approximate surface area is 142 Å². The van der Waals surface area contributed by atoms with Crippen LogP contribution in [0.5, 0.6) is 0 Å². The Morgan fingerprint density at radius 1 is 1.12 bits per heavy atom. The first-order valence-electron chi connectivity index (χ1n) is 8.15. The van der Waals surface area contributed by atoms with Crippen molar-refractivity contribution >= 4 is 17.7 Å². The van der Waals surface area contributed by atoms with Crippen LogP contribution in [0.4, 0.5) is 0 Å². The van der Waals surface area contributed by atoms with Crippen molar-refractivity contribution < 1.29 is 14.4 Å². The minimum Gasteiger partial charge on any atom is -0.339 e.